The summed E-state index contributed by atoms with van der Waals surface area (Å²) >= 11 is 0. The summed E-state index contributed by atoms with van der Waals surface area (Å²) in [5.74, 6) is 0. The number of aliphatic hydroxyl groups excluding tert-OH is 3. The number of rotatable bonds is 18. The molecule has 0 aromatic rings. The lowest BCUT2D eigenvalue weighted by Gasteiger charge is -2.03. The lowest BCUT2D eigenvalue weighted by atomic mass is 10.0. The second-order valence-corrected chi connectivity index (χ2v) is 7.96. The minimum absolute atomic E-state index is 0.0941. The van der Waals surface area contributed by atoms with Crippen LogP contribution in [0.2, 0.25) is 0 Å². The van der Waals surface area contributed by atoms with Crippen LogP contribution in [0.3, 0.4) is 0 Å². The first kappa shape index (κ1) is 29.0. The van der Waals surface area contributed by atoms with Crippen molar-refractivity contribution in [3.8, 4) is 0 Å². The van der Waals surface area contributed by atoms with Crippen molar-refractivity contribution in [1.82, 2.24) is 0 Å². The molecule has 0 spiro atoms. The highest BCUT2D eigenvalue weighted by atomic mass is 32.3. The predicted molar refractivity (Wildman–Crippen MR) is 108 cm³/mol. The monoisotopic (exact) mass is 414 g/mol. The fraction of sp³-hybridized carbons (Fsp3) is 1.00. The van der Waals surface area contributed by atoms with Gasteiger partial charge in [-0.05, 0) is 6.42 Å². The number of hydrogen-bond donors (Lipinski definition) is 4. The molecule has 0 amide bonds. The van der Waals surface area contributed by atoms with Crippen LogP contribution in [0.4, 0.5) is 0 Å². The van der Waals surface area contributed by atoms with Crippen molar-refractivity contribution in [2.24, 2.45) is 0 Å². The lowest BCUT2D eigenvalue weighted by Crippen LogP contribution is -2.15. The molecule has 0 aromatic heterocycles. The Balaban J connectivity index is 0. The molecule has 166 valence electrons. The van der Waals surface area contributed by atoms with E-state index in [-0.39, 0.29) is 19.8 Å². The topological polar surface area (TPSA) is 124 Å². The molecule has 8 heteroatoms. The van der Waals surface area contributed by atoms with Crippen molar-refractivity contribution >= 4 is 10.4 Å². The third-order valence-electron chi connectivity index (χ3n) is 4.15. The van der Waals surface area contributed by atoms with E-state index >= 15 is 0 Å². The van der Waals surface area contributed by atoms with Gasteiger partial charge < -0.3 is 15.3 Å². The van der Waals surface area contributed by atoms with E-state index in [1.54, 1.807) is 0 Å². The average Bonchev–Trinajstić information content (AvgIpc) is 2.63. The largest absolute Gasteiger partial charge is 0.397 e. The second-order valence-electron chi connectivity index (χ2n) is 6.86. The third-order valence-corrected chi connectivity index (χ3v) is 4.62. The van der Waals surface area contributed by atoms with Crippen molar-refractivity contribution in [2.75, 3.05) is 19.8 Å². The molecule has 0 atom stereocenters. The van der Waals surface area contributed by atoms with Gasteiger partial charge in [0.15, 0.2) is 0 Å². The third kappa shape index (κ3) is 30.7. The van der Waals surface area contributed by atoms with E-state index in [1.165, 1.54) is 70.6 Å². The van der Waals surface area contributed by atoms with Crippen molar-refractivity contribution in [3.63, 3.8) is 0 Å². The van der Waals surface area contributed by atoms with Crippen molar-refractivity contribution in [1.29, 1.82) is 0 Å². The first-order chi connectivity index (χ1) is 12.9. The minimum atomic E-state index is -4.24. The average molecular weight is 415 g/mol. The maximum atomic E-state index is 10.3. The van der Waals surface area contributed by atoms with Gasteiger partial charge in [0.05, 0.1) is 19.8 Å². The highest BCUT2D eigenvalue weighted by molar-refractivity contribution is 7.80. The standard InChI is InChI=1S/C16H34O4S.C3H8O3/c1-2-3-4-5-6-7-8-9-10-11-12-13-14-15-16-20-21(17,18)19;4-1-3(6)2-5/h2-16H2,1H3,(H,17,18,19);3-6H,1-2H2. The van der Waals surface area contributed by atoms with E-state index in [9.17, 15) is 8.42 Å². The Bertz CT molecular complexity index is 370. The molecule has 0 fully saturated rings. The number of hydrogen-bond acceptors (Lipinski definition) is 6. The van der Waals surface area contributed by atoms with Crippen LogP contribution in [-0.2, 0) is 14.6 Å². The van der Waals surface area contributed by atoms with Crippen LogP contribution in [0.25, 0.3) is 0 Å². The summed E-state index contributed by atoms with van der Waals surface area (Å²) in [7, 11) is -4.24. The highest BCUT2D eigenvalue weighted by Gasteiger charge is 2.02. The van der Waals surface area contributed by atoms with E-state index in [4.69, 9.17) is 19.9 Å². The summed E-state index contributed by atoms with van der Waals surface area (Å²) in [6.45, 7) is 1.62. The summed E-state index contributed by atoms with van der Waals surface area (Å²) in [6, 6.07) is 0. The molecule has 0 radical (unpaired) electrons. The predicted octanol–water partition coefficient (Wildman–Crippen LogP) is 3.62. The Morgan fingerprint density at radius 3 is 1.30 bits per heavy atom. The van der Waals surface area contributed by atoms with Gasteiger partial charge in [0.25, 0.3) is 0 Å². The molecule has 27 heavy (non-hydrogen) atoms. The molecule has 0 rings (SSSR count). The number of unbranched alkanes of at least 4 members (excludes halogenated alkanes) is 13. The van der Waals surface area contributed by atoms with Gasteiger partial charge in [-0.3, -0.25) is 4.55 Å². The van der Waals surface area contributed by atoms with Crippen LogP contribution in [0.1, 0.15) is 96.8 Å². The highest BCUT2D eigenvalue weighted by Crippen LogP contribution is 2.12. The Morgan fingerprint density at radius 1 is 0.704 bits per heavy atom. The van der Waals surface area contributed by atoms with Gasteiger partial charge in [-0.1, -0.05) is 90.4 Å². The summed E-state index contributed by atoms with van der Waals surface area (Å²) in [5, 5.41) is 24.0. The van der Waals surface area contributed by atoms with Gasteiger partial charge in [-0.15, -0.1) is 0 Å². The quantitative estimate of drug-likeness (QED) is 0.199. The van der Waals surface area contributed by atoms with Crippen LogP contribution in [0, 0.1) is 0 Å². The van der Waals surface area contributed by atoms with Crippen molar-refractivity contribution in [3.05, 3.63) is 0 Å². The molecule has 0 saturated carbocycles. The van der Waals surface area contributed by atoms with Crippen LogP contribution in [-0.4, -0.2) is 54.2 Å². The fourth-order valence-electron chi connectivity index (χ4n) is 2.52. The van der Waals surface area contributed by atoms with Crippen LogP contribution >= 0.6 is 0 Å². The summed E-state index contributed by atoms with van der Waals surface area (Å²) in [6.07, 6.45) is 16.6. The molecule has 0 bridgehead atoms. The Hall–Kier alpha value is -0.250. The molecule has 0 aliphatic rings. The van der Waals surface area contributed by atoms with E-state index in [2.05, 4.69) is 11.1 Å². The van der Waals surface area contributed by atoms with Gasteiger partial charge >= 0.3 is 10.4 Å². The smallest absolute Gasteiger partial charge is 0.394 e. The number of aliphatic hydroxyl groups is 3. The maximum Gasteiger partial charge on any atom is 0.397 e. The maximum absolute atomic E-state index is 10.3. The zero-order valence-corrected chi connectivity index (χ0v) is 17.8. The van der Waals surface area contributed by atoms with E-state index in [0.717, 1.165) is 12.8 Å². The molecule has 0 saturated heterocycles. The van der Waals surface area contributed by atoms with Gasteiger partial charge in [-0.2, -0.15) is 8.42 Å². The van der Waals surface area contributed by atoms with Crippen molar-refractivity contribution < 1.29 is 32.5 Å². The molecule has 7 nitrogen and oxygen atoms in total. The molecule has 0 heterocycles. The SMILES string of the molecule is CCCCCCCCCCCCCCCCOS(=O)(=O)O.OCC(O)CO. The fourth-order valence-corrected chi connectivity index (χ4v) is 2.85. The molecule has 0 aliphatic carbocycles. The van der Waals surface area contributed by atoms with E-state index in [0.29, 0.717) is 6.42 Å². The van der Waals surface area contributed by atoms with Gasteiger partial charge in [0.1, 0.15) is 6.10 Å². The zero-order chi connectivity index (χ0) is 20.8. The molecular weight excluding hydrogens is 372 g/mol. The second kappa shape index (κ2) is 22.0. The first-order valence-corrected chi connectivity index (χ1v) is 11.8. The Labute approximate surface area is 166 Å². The van der Waals surface area contributed by atoms with E-state index < -0.39 is 16.5 Å². The van der Waals surface area contributed by atoms with Gasteiger partial charge in [-0.25, -0.2) is 4.18 Å². The molecule has 4 N–H and O–H groups in total. The van der Waals surface area contributed by atoms with Crippen LogP contribution in [0.5, 0.6) is 0 Å². The Morgan fingerprint density at radius 2 is 1.04 bits per heavy atom. The normalized spacial score (nSPS) is 11.5. The van der Waals surface area contributed by atoms with E-state index in [1.807, 2.05) is 0 Å². The summed E-state index contributed by atoms with van der Waals surface area (Å²) in [4.78, 5) is 0. The first-order valence-electron chi connectivity index (χ1n) is 10.4. The van der Waals surface area contributed by atoms with Crippen molar-refractivity contribution in [2.45, 2.75) is 103 Å². The molecule has 0 aromatic carbocycles. The van der Waals surface area contributed by atoms with Gasteiger partial charge in [0.2, 0.25) is 0 Å². The zero-order valence-electron chi connectivity index (χ0n) is 17.0. The van der Waals surface area contributed by atoms with Gasteiger partial charge in [0, 0.05) is 0 Å². The molecule has 0 unspecified atom stereocenters. The molecule has 0 aliphatic heterocycles. The lowest BCUT2D eigenvalue weighted by molar-refractivity contribution is 0.0450. The van der Waals surface area contributed by atoms with Crippen LogP contribution < -0.4 is 0 Å². The van der Waals surface area contributed by atoms with Crippen LogP contribution in [0.15, 0.2) is 0 Å². The minimum Gasteiger partial charge on any atom is -0.394 e. The summed E-state index contributed by atoms with van der Waals surface area (Å²) in [5.41, 5.74) is 0. The summed E-state index contributed by atoms with van der Waals surface area (Å²) < 4.78 is 33.2. The molecular formula is C19H42O7S. The Kier molecular flexibility index (Phi) is 23.6.